The lowest BCUT2D eigenvalue weighted by Crippen LogP contribution is -2.33. The molecular formula is C13H18N2O2. The number of nitrogens with zero attached hydrogens (tertiary/aromatic N) is 1. The second-order valence-corrected chi connectivity index (χ2v) is 3.69. The molecule has 0 spiro atoms. The van der Waals surface area contributed by atoms with Gasteiger partial charge in [0, 0.05) is 11.8 Å². The lowest BCUT2D eigenvalue weighted by molar-refractivity contribution is -0.116. The van der Waals surface area contributed by atoms with Crippen molar-refractivity contribution < 1.29 is 9.53 Å². The van der Waals surface area contributed by atoms with Crippen molar-refractivity contribution in [2.24, 2.45) is 10.9 Å². The van der Waals surface area contributed by atoms with Crippen LogP contribution in [0.15, 0.2) is 41.6 Å². The molecule has 0 aromatic heterocycles. The molecule has 0 bridgehead atoms. The largest absolute Gasteiger partial charge is 0.465 e. The molecule has 1 heterocycles. The van der Waals surface area contributed by atoms with E-state index in [0.29, 0.717) is 12.2 Å². The van der Waals surface area contributed by atoms with Crippen molar-refractivity contribution in [3.63, 3.8) is 0 Å². The maximum atomic E-state index is 11.8. The second kappa shape index (κ2) is 6.68. The van der Waals surface area contributed by atoms with Gasteiger partial charge in [-0.3, -0.25) is 10.1 Å². The molecular weight excluding hydrogens is 216 g/mol. The number of hydrogen-bond acceptors (Lipinski definition) is 3. The summed E-state index contributed by atoms with van der Waals surface area (Å²) < 4.78 is 5.21. The summed E-state index contributed by atoms with van der Waals surface area (Å²) in [7, 11) is 0. The van der Waals surface area contributed by atoms with Gasteiger partial charge >= 0.3 is 0 Å². The van der Waals surface area contributed by atoms with Crippen LogP contribution < -0.4 is 5.32 Å². The van der Waals surface area contributed by atoms with Gasteiger partial charge in [0.05, 0.1) is 6.61 Å². The number of nitrogens with one attached hydrogen (secondary N) is 1. The van der Waals surface area contributed by atoms with Crippen LogP contribution in [-0.4, -0.2) is 18.5 Å². The predicted octanol–water partition coefficient (Wildman–Crippen LogP) is 2.16. The van der Waals surface area contributed by atoms with Gasteiger partial charge in [-0.25, -0.2) is 4.99 Å². The van der Waals surface area contributed by atoms with Crippen molar-refractivity contribution in [3.8, 4) is 0 Å². The molecule has 1 N–H and O–H groups in total. The summed E-state index contributed by atoms with van der Waals surface area (Å²) in [4.78, 5) is 15.8. The minimum Gasteiger partial charge on any atom is -0.465 e. The minimum atomic E-state index is -0.195. The Morgan fingerprint density at radius 2 is 2.47 bits per heavy atom. The summed E-state index contributed by atoms with van der Waals surface area (Å²) >= 11 is 0. The molecule has 1 atom stereocenters. The number of carbonyl (C=O) groups excluding carboxylic acids is 1. The minimum absolute atomic E-state index is 0.154. The summed E-state index contributed by atoms with van der Waals surface area (Å²) in [6.45, 7) is 7.81. The standard InChI is InChI=1S/C13H18N2O2/c1-4-11-7-6-8-14-13(17-5-2)15-12(16)10(3)9-11/h4,6,8-9,11H,1,5,7H2,2-3H3,(H,14,15,16)/b8-6+,10-9+. The van der Waals surface area contributed by atoms with Gasteiger partial charge < -0.3 is 4.74 Å². The average Bonchev–Trinajstić information content (AvgIpc) is 2.32. The van der Waals surface area contributed by atoms with Gasteiger partial charge in [-0.1, -0.05) is 18.2 Å². The molecule has 1 aliphatic heterocycles. The highest BCUT2D eigenvalue weighted by Crippen LogP contribution is 2.11. The Balaban J connectivity index is 2.93. The highest BCUT2D eigenvalue weighted by molar-refractivity contribution is 6.03. The Labute approximate surface area is 102 Å². The summed E-state index contributed by atoms with van der Waals surface area (Å²) in [5.74, 6) is -0.0415. The number of amidine groups is 1. The first-order valence-corrected chi connectivity index (χ1v) is 5.65. The molecule has 4 nitrogen and oxygen atoms in total. The van der Waals surface area contributed by atoms with E-state index in [-0.39, 0.29) is 17.8 Å². The Kier molecular flexibility index (Phi) is 5.20. The third kappa shape index (κ3) is 4.26. The fourth-order valence-corrected chi connectivity index (χ4v) is 1.41. The molecule has 0 aliphatic carbocycles. The second-order valence-electron chi connectivity index (χ2n) is 3.69. The fraction of sp³-hybridized carbons (Fsp3) is 0.385. The van der Waals surface area contributed by atoms with Crippen LogP contribution in [0.25, 0.3) is 0 Å². The van der Waals surface area contributed by atoms with E-state index in [1.807, 2.05) is 25.2 Å². The van der Waals surface area contributed by atoms with Crippen LogP contribution >= 0.6 is 0 Å². The van der Waals surface area contributed by atoms with Crippen LogP contribution in [0, 0.1) is 5.92 Å². The molecule has 1 unspecified atom stereocenters. The van der Waals surface area contributed by atoms with E-state index in [0.717, 1.165) is 6.42 Å². The molecule has 0 aromatic carbocycles. The van der Waals surface area contributed by atoms with Gasteiger partial charge in [-0.2, -0.15) is 0 Å². The highest BCUT2D eigenvalue weighted by atomic mass is 16.5. The first kappa shape index (κ1) is 13.2. The average molecular weight is 234 g/mol. The van der Waals surface area contributed by atoms with Crippen LogP contribution in [0.2, 0.25) is 0 Å². The maximum Gasteiger partial charge on any atom is 0.296 e. The summed E-state index contributed by atoms with van der Waals surface area (Å²) in [5.41, 5.74) is 0.637. The predicted molar refractivity (Wildman–Crippen MR) is 68.4 cm³/mol. The van der Waals surface area contributed by atoms with Gasteiger partial charge in [-0.05, 0) is 26.2 Å². The first-order valence-electron chi connectivity index (χ1n) is 5.65. The smallest absolute Gasteiger partial charge is 0.296 e. The topological polar surface area (TPSA) is 50.7 Å². The van der Waals surface area contributed by atoms with E-state index in [2.05, 4.69) is 16.9 Å². The summed E-state index contributed by atoms with van der Waals surface area (Å²) in [6, 6.07) is 0.235. The van der Waals surface area contributed by atoms with Gasteiger partial charge in [0.25, 0.3) is 11.9 Å². The molecule has 17 heavy (non-hydrogen) atoms. The van der Waals surface area contributed by atoms with Crippen LogP contribution in [0.1, 0.15) is 20.3 Å². The molecule has 0 saturated carbocycles. The Morgan fingerprint density at radius 3 is 3.12 bits per heavy atom. The monoisotopic (exact) mass is 234 g/mol. The normalized spacial score (nSPS) is 26.0. The van der Waals surface area contributed by atoms with Gasteiger partial charge in [0.1, 0.15) is 0 Å². The number of ether oxygens (including phenoxy) is 1. The zero-order valence-corrected chi connectivity index (χ0v) is 10.3. The van der Waals surface area contributed by atoms with Gasteiger partial charge in [-0.15, -0.1) is 6.58 Å². The fourth-order valence-electron chi connectivity index (χ4n) is 1.41. The number of amides is 1. The first-order chi connectivity index (χ1) is 8.17. The van der Waals surface area contributed by atoms with Crippen LogP contribution in [0.3, 0.4) is 0 Å². The molecule has 0 fully saturated rings. The molecule has 92 valence electrons. The van der Waals surface area contributed by atoms with Crippen molar-refractivity contribution in [2.75, 3.05) is 6.61 Å². The van der Waals surface area contributed by atoms with E-state index < -0.39 is 0 Å². The number of carbonyl (C=O) groups is 1. The lowest BCUT2D eigenvalue weighted by Gasteiger charge is -2.11. The molecule has 1 aliphatic rings. The van der Waals surface area contributed by atoms with E-state index in [4.69, 9.17) is 4.74 Å². The van der Waals surface area contributed by atoms with Crippen molar-refractivity contribution in [3.05, 3.63) is 36.6 Å². The number of rotatable bonds is 2. The summed E-state index contributed by atoms with van der Waals surface area (Å²) in [6.07, 6.45) is 8.04. The number of aliphatic imine (C=N–C) groups is 1. The van der Waals surface area contributed by atoms with E-state index >= 15 is 0 Å². The molecule has 1 rings (SSSR count). The van der Waals surface area contributed by atoms with Gasteiger partial charge in [0.2, 0.25) is 0 Å². The van der Waals surface area contributed by atoms with Crippen molar-refractivity contribution >= 4 is 11.9 Å². The lowest BCUT2D eigenvalue weighted by atomic mass is 10.0. The van der Waals surface area contributed by atoms with Crippen molar-refractivity contribution in [1.29, 1.82) is 0 Å². The Morgan fingerprint density at radius 1 is 1.71 bits per heavy atom. The van der Waals surface area contributed by atoms with E-state index in [9.17, 15) is 4.79 Å². The third-order valence-electron chi connectivity index (χ3n) is 2.33. The highest BCUT2D eigenvalue weighted by Gasteiger charge is 2.11. The Hall–Kier alpha value is -1.84. The molecule has 0 radical (unpaired) electrons. The SMILES string of the molecule is C=CC1/C=C(\C)C(=O)NC(OCC)=N/C=C/C1. The van der Waals surface area contributed by atoms with E-state index in [1.54, 1.807) is 13.1 Å². The van der Waals surface area contributed by atoms with Crippen LogP contribution in [0.5, 0.6) is 0 Å². The number of allylic oxidation sites excluding steroid dienone is 3. The zero-order chi connectivity index (χ0) is 12.7. The van der Waals surface area contributed by atoms with E-state index in [1.165, 1.54) is 0 Å². The summed E-state index contributed by atoms with van der Waals surface area (Å²) in [5, 5.41) is 2.62. The molecule has 0 saturated heterocycles. The molecule has 0 aromatic rings. The Bertz CT molecular complexity index is 381. The van der Waals surface area contributed by atoms with Crippen molar-refractivity contribution in [1.82, 2.24) is 5.32 Å². The molecule has 1 amide bonds. The molecule has 4 heteroatoms. The van der Waals surface area contributed by atoms with Gasteiger partial charge in [0.15, 0.2) is 0 Å². The third-order valence-corrected chi connectivity index (χ3v) is 2.33. The van der Waals surface area contributed by atoms with Crippen LogP contribution in [-0.2, 0) is 9.53 Å². The number of hydrogen-bond donors (Lipinski definition) is 1. The maximum absolute atomic E-state index is 11.8. The van der Waals surface area contributed by atoms with Crippen LogP contribution in [0.4, 0.5) is 0 Å². The van der Waals surface area contributed by atoms with Crippen molar-refractivity contribution in [2.45, 2.75) is 20.3 Å². The zero-order valence-electron chi connectivity index (χ0n) is 10.3. The quantitative estimate of drug-likeness (QED) is 0.744.